The average Bonchev–Trinajstić information content (AvgIpc) is 2.26. The third-order valence-corrected chi connectivity index (χ3v) is 4.81. The highest BCUT2D eigenvalue weighted by Gasteiger charge is 2.07. The Morgan fingerprint density at radius 1 is 0.875 bits per heavy atom. The molecule has 0 radical (unpaired) electrons. The molecule has 0 aromatic heterocycles. The van der Waals surface area contributed by atoms with Crippen LogP contribution in [0.4, 0.5) is 0 Å². The van der Waals surface area contributed by atoms with Crippen LogP contribution < -0.4 is 0 Å². The van der Waals surface area contributed by atoms with Crippen LogP contribution in [0.2, 0.25) is 10.0 Å². The van der Waals surface area contributed by atoms with Crippen molar-refractivity contribution < 1.29 is 0 Å². The molecule has 82 valence electrons. The zero-order valence-corrected chi connectivity index (χ0v) is 12.7. The summed E-state index contributed by atoms with van der Waals surface area (Å²) in [7, 11) is 0. The van der Waals surface area contributed by atoms with Crippen molar-refractivity contribution in [1.29, 1.82) is 0 Å². The Kier molecular flexibility index (Phi) is 3.96. The van der Waals surface area contributed by atoms with E-state index >= 15 is 0 Å². The van der Waals surface area contributed by atoms with E-state index in [1.165, 1.54) is 0 Å². The van der Waals surface area contributed by atoms with E-state index in [1.807, 2.05) is 36.4 Å². The Balaban J connectivity index is 2.59. The van der Waals surface area contributed by atoms with Crippen LogP contribution in [0.5, 0.6) is 0 Å². The molecule has 0 N–H and O–H groups in total. The summed E-state index contributed by atoms with van der Waals surface area (Å²) in [6, 6.07) is 11.6. The van der Waals surface area contributed by atoms with Gasteiger partial charge < -0.3 is 0 Å². The number of hydrogen-bond donors (Lipinski definition) is 0. The number of halogens is 4. The van der Waals surface area contributed by atoms with Gasteiger partial charge in [0.15, 0.2) is 0 Å². The Morgan fingerprint density at radius 2 is 1.62 bits per heavy atom. The highest BCUT2D eigenvalue weighted by atomic mass is 79.9. The van der Waals surface area contributed by atoms with Crippen molar-refractivity contribution in [3.63, 3.8) is 0 Å². The van der Waals surface area contributed by atoms with Crippen molar-refractivity contribution >= 4 is 55.1 Å². The smallest absolute Gasteiger partial charge is 0.0554 e. The van der Waals surface area contributed by atoms with Gasteiger partial charge in [0.05, 0.1) is 10.0 Å². The van der Waals surface area contributed by atoms with Gasteiger partial charge in [-0.1, -0.05) is 41.4 Å². The topological polar surface area (TPSA) is 0 Å². The molecule has 4 heteroatoms. The first-order valence-corrected chi connectivity index (χ1v) is 6.83. The zero-order chi connectivity index (χ0) is 11.7. The molecule has 0 heterocycles. The van der Waals surface area contributed by atoms with Gasteiger partial charge in [0.2, 0.25) is 0 Å². The Hall–Kier alpha value is -0.0200. The fraction of sp³-hybridized carbons (Fsp3) is 0. The minimum atomic E-state index is 0.685. The number of rotatable bonds is 1. The summed E-state index contributed by atoms with van der Waals surface area (Å²) in [5.41, 5.74) is 2.06. The number of hydrogen-bond acceptors (Lipinski definition) is 0. The lowest BCUT2D eigenvalue weighted by Gasteiger charge is -2.07. The minimum Gasteiger partial charge on any atom is -0.0831 e. The van der Waals surface area contributed by atoms with Crippen molar-refractivity contribution in [3.05, 3.63) is 55.4 Å². The quantitative estimate of drug-likeness (QED) is 0.553. The van der Waals surface area contributed by atoms with E-state index in [1.54, 1.807) is 0 Å². The maximum absolute atomic E-state index is 6.06. The van der Waals surface area contributed by atoms with Crippen LogP contribution in [-0.2, 0) is 0 Å². The van der Waals surface area contributed by atoms with Crippen molar-refractivity contribution in [2.45, 2.75) is 0 Å². The highest BCUT2D eigenvalue weighted by Crippen LogP contribution is 2.36. The summed E-state index contributed by atoms with van der Waals surface area (Å²) < 4.78 is 1.77. The summed E-state index contributed by atoms with van der Waals surface area (Å²) in [6.45, 7) is 0. The molecule has 2 aromatic rings. The largest absolute Gasteiger partial charge is 0.0831 e. The monoisotopic (exact) mass is 378 g/mol. The zero-order valence-electron chi connectivity index (χ0n) is 7.98. The normalized spacial score (nSPS) is 10.5. The molecule has 0 amide bonds. The van der Waals surface area contributed by atoms with Crippen LogP contribution in [0.1, 0.15) is 0 Å². The van der Waals surface area contributed by atoms with Crippen molar-refractivity contribution in [2.24, 2.45) is 0 Å². The summed E-state index contributed by atoms with van der Waals surface area (Å²) in [5, 5.41) is 1.38. The van der Waals surface area contributed by atoms with E-state index in [0.29, 0.717) is 10.0 Å². The van der Waals surface area contributed by atoms with Crippen molar-refractivity contribution in [2.75, 3.05) is 0 Å². The summed E-state index contributed by atoms with van der Waals surface area (Å²) in [6.07, 6.45) is 0. The van der Waals surface area contributed by atoms with Gasteiger partial charge in [0, 0.05) is 8.95 Å². The maximum atomic E-state index is 6.06. The Bertz CT molecular complexity index is 539. The van der Waals surface area contributed by atoms with Gasteiger partial charge in [-0.2, -0.15) is 0 Å². The molecule has 0 aliphatic carbocycles. The molecule has 0 bridgehead atoms. The van der Waals surface area contributed by atoms with Gasteiger partial charge in [-0.25, -0.2) is 0 Å². The lowest BCUT2D eigenvalue weighted by atomic mass is 10.1. The standard InChI is InChI=1S/C12H6Br2Cl2/c13-9-5-4-7(6-11(9)16)8-2-1-3-10(15)12(8)14/h1-6H. The van der Waals surface area contributed by atoms with Gasteiger partial charge >= 0.3 is 0 Å². The highest BCUT2D eigenvalue weighted by molar-refractivity contribution is 9.11. The van der Waals surface area contributed by atoms with Crippen LogP contribution in [-0.4, -0.2) is 0 Å². The first-order valence-electron chi connectivity index (χ1n) is 4.49. The Morgan fingerprint density at radius 3 is 2.31 bits per heavy atom. The average molecular weight is 381 g/mol. The second kappa shape index (κ2) is 5.09. The first-order chi connectivity index (χ1) is 7.59. The minimum absolute atomic E-state index is 0.685. The van der Waals surface area contributed by atoms with E-state index < -0.39 is 0 Å². The maximum Gasteiger partial charge on any atom is 0.0554 e. The molecular formula is C12H6Br2Cl2. The van der Waals surface area contributed by atoms with Gasteiger partial charge in [-0.15, -0.1) is 0 Å². The molecule has 2 aromatic carbocycles. The van der Waals surface area contributed by atoms with Crippen LogP contribution in [0.25, 0.3) is 11.1 Å². The van der Waals surface area contributed by atoms with Gasteiger partial charge in [0.25, 0.3) is 0 Å². The fourth-order valence-electron chi connectivity index (χ4n) is 1.39. The molecule has 0 spiro atoms. The molecule has 0 atom stereocenters. The third-order valence-electron chi connectivity index (χ3n) is 2.18. The van der Waals surface area contributed by atoms with E-state index in [9.17, 15) is 0 Å². The molecule has 0 saturated heterocycles. The molecular weight excluding hydrogens is 375 g/mol. The van der Waals surface area contributed by atoms with Crippen LogP contribution >= 0.6 is 55.1 Å². The number of benzene rings is 2. The fourth-order valence-corrected chi connectivity index (χ4v) is 2.49. The predicted molar refractivity (Wildman–Crippen MR) is 77.3 cm³/mol. The summed E-state index contributed by atoms with van der Waals surface area (Å²) in [4.78, 5) is 0. The van der Waals surface area contributed by atoms with Crippen LogP contribution in [0.3, 0.4) is 0 Å². The van der Waals surface area contributed by atoms with Gasteiger partial charge in [-0.3, -0.25) is 0 Å². The molecule has 2 rings (SSSR count). The van der Waals surface area contributed by atoms with Crippen molar-refractivity contribution in [1.82, 2.24) is 0 Å². The molecule has 0 nitrogen and oxygen atoms in total. The predicted octanol–water partition coefficient (Wildman–Crippen LogP) is 6.19. The lowest BCUT2D eigenvalue weighted by Crippen LogP contribution is -1.81. The molecule has 0 saturated carbocycles. The molecule has 0 aliphatic rings. The summed E-state index contributed by atoms with van der Waals surface area (Å²) >= 11 is 18.9. The van der Waals surface area contributed by atoms with Gasteiger partial charge in [0.1, 0.15) is 0 Å². The first kappa shape index (κ1) is 12.4. The lowest BCUT2D eigenvalue weighted by molar-refractivity contribution is 1.56. The van der Waals surface area contributed by atoms with Crippen molar-refractivity contribution in [3.8, 4) is 11.1 Å². The van der Waals surface area contributed by atoms with E-state index in [-0.39, 0.29) is 0 Å². The van der Waals surface area contributed by atoms with Gasteiger partial charge in [-0.05, 0) is 61.2 Å². The third kappa shape index (κ3) is 2.45. The van der Waals surface area contributed by atoms with E-state index in [0.717, 1.165) is 20.1 Å². The SMILES string of the molecule is Clc1cc(-c2cccc(Cl)c2Br)ccc1Br. The molecule has 0 fully saturated rings. The summed E-state index contributed by atoms with van der Waals surface area (Å²) in [5.74, 6) is 0. The van der Waals surface area contributed by atoms with E-state index in [2.05, 4.69) is 31.9 Å². The Labute approximate surface area is 121 Å². The van der Waals surface area contributed by atoms with Crippen LogP contribution in [0.15, 0.2) is 45.3 Å². The van der Waals surface area contributed by atoms with E-state index in [4.69, 9.17) is 23.2 Å². The molecule has 16 heavy (non-hydrogen) atoms. The molecule has 0 unspecified atom stereocenters. The second-order valence-corrected chi connectivity index (χ2v) is 5.69. The molecule has 0 aliphatic heterocycles. The van der Waals surface area contributed by atoms with Crippen LogP contribution in [0, 0.1) is 0 Å². The second-order valence-electron chi connectivity index (χ2n) is 3.23.